The van der Waals surface area contributed by atoms with Crippen molar-refractivity contribution in [3.8, 4) is 0 Å². The lowest BCUT2D eigenvalue weighted by atomic mass is 9.97. The van der Waals surface area contributed by atoms with Gasteiger partial charge in [0.15, 0.2) is 0 Å². The van der Waals surface area contributed by atoms with Crippen LogP contribution in [0.3, 0.4) is 0 Å². The Morgan fingerprint density at radius 1 is 0.933 bits per heavy atom. The summed E-state index contributed by atoms with van der Waals surface area (Å²) in [6, 6.07) is 0. The SMILES string of the molecule is CS(C)(C)C1CCC(OS(C)(=O)=O)CC1. The first-order valence-electron chi connectivity index (χ1n) is 5.24. The Bertz CT molecular complexity index is 295. The van der Waals surface area contributed by atoms with Crippen LogP contribution in [0.25, 0.3) is 0 Å². The standard InChI is InChI=1S/C10H22O3S2/c1-14(2,3)10-7-5-9(6-8-10)13-15(4,11)12/h9-10H,5-8H2,1-4H3. The van der Waals surface area contributed by atoms with Crippen molar-refractivity contribution in [3.05, 3.63) is 0 Å². The van der Waals surface area contributed by atoms with Gasteiger partial charge in [0.25, 0.3) is 10.1 Å². The molecule has 0 heterocycles. The van der Waals surface area contributed by atoms with Crippen LogP contribution in [0, 0.1) is 0 Å². The third kappa shape index (κ3) is 4.74. The van der Waals surface area contributed by atoms with E-state index in [0.717, 1.165) is 37.2 Å². The fourth-order valence-electron chi connectivity index (χ4n) is 2.08. The highest BCUT2D eigenvalue weighted by atomic mass is 32.3. The number of hydrogen-bond acceptors (Lipinski definition) is 3. The second kappa shape index (κ2) is 4.63. The predicted molar refractivity (Wildman–Crippen MR) is 67.3 cm³/mol. The molecule has 15 heavy (non-hydrogen) atoms. The molecular weight excluding hydrogens is 232 g/mol. The maximum Gasteiger partial charge on any atom is 0.264 e. The van der Waals surface area contributed by atoms with Gasteiger partial charge >= 0.3 is 0 Å². The first-order chi connectivity index (χ1) is 6.68. The molecule has 0 aromatic rings. The van der Waals surface area contributed by atoms with Gasteiger partial charge in [-0.2, -0.15) is 8.42 Å². The van der Waals surface area contributed by atoms with E-state index < -0.39 is 20.1 Å². The van der Waals surface area contributed by atoms with Gasteiger partial charge in [-0.1, -0.05) is 0 Å². The second-order valence-corrected chi connectivity index (χ2v) is 11.3. The van der Waals surface area contributed by atoms with Crippen molar-refractivity contribution in [1.29, 1.82) is 0 Å². The van der Waals surface area contributed by atoms with Crippen LogP contribution in [-0.2, 0) is 14.3 Å². The fraction of sp³-hybridized carbons (Fsp3) is 1.00. The Balaban J connectivity index is 2.43. The van der Waals surface area contributed by atoms with E-state index in [2.05, 4.69) is 18.8 Å². The van der Waals surface area contributed by atoms with Gasteiger partial charge in [-0.05, 0) is 49.7 Å². The van der Waals surface area contributed by atoms with Crippen molar-refractivity contribution in [2.24, 2.45) is 0 Å². The zero-order valence-corrected chi connectivity index (χ0v) is 11.7. The monoisotopic (exact) mass is 254 g/mol. The van der Waals surface area contributed by atoms with Gasteiger partial charge in [0.1, 0.15) is 0 Å². The van der Waals surface area contributed by atoms with Crippen LogP contribution in [0.1, 0.15) is 25.7 Å². The number of rotatable bonds is 3. The van der Waals surface area contributed by atoms with Gasteiger partial charge in [0.2, 0.25) is 0 Å². The van der Waals surface area contributed by atoms with E-state index in [1.165, 1.54) is 0 Å². The molecule has 1 rings (SSSR count). The summed E-state index contributed by atoms with van der Waals surface area (Å²) in [6.07, 6.45) is 12.1. The van der Waals surface area contributed by atoms with Crippen LogP contribution in [0.4, 0.5) is 0 Å². The maximum atomic E-state index is 11.0. The molecule has 1 fully saturated rings. The largest absolute Gasteiger partial charge is 0.267 e. The average molecular weight is 254 g/mol. The highest BCUT2D eigenvalue weighted by molar-refractivity contribution is 8.32. The number of hydrogen-bond donors (Lipinski definition) is 0. The summed E-state index contributed by atoms with van der Waals surface area (Å²) < 4.78 is 26.9. The van der Waals surface area contributed by atoms with Crippen LogP contribution in [0.5, 0.6) is 0 Å². The van der Waals surface area contributed by atoms with Crippen molar-refractivity contribution in [2.75, 3.05) is 25.0 Å². The van der Waals surface area contributed by atoms with Crippen LogP contribution in [0.15, 0.2) is 0 Å². The summed E-state index contributed by atoms with van der Waals surface area (Å²) in [4.78, 5) is 0. The Labute approximate surface area is 95.0 Å². The summed E-state index contributed by atoms with van der Waals surface area (Å²) >= 11 is 0. The lowest BCUT2D eigenvalue weighted by Crippen LogP contribution is -2.28. The second-order valence-electron chi connectivity index (χ2n) is 5.13. The van der Waals surface area contributed by atoms with Crippen LogP contribution in [0.2, 0.25) is 0 Å². The lowest BCUT2D eigenvalue weighted by molar-refractivity contribution is 0.165. The van der Waals surface area contributed by atoms with Crippen molar-refractivity contribution in [3.63, 3.8) is 0 Å². The molecule has 0 amide bonds. The molecule has 0 N–H and O–H groups in total. The summed E-state index contributed by atoms with van der Waals surface area (Å²) in [5, 5.41) is 0.775. The van der Waals surface area contributed by atoms with Crippen molar-refractivity contribution in [2.45, 2.75) is 37.0 Å². The minimum atomic E-state index is -3.27. The Morgan fingerprint density at radius 2 is 1.40 bits per heavy atom. The predicted octanol–water partition coefficient (Wildman–Crippen LogP) is 1.97. The van der Waals surface area contributed by atoms with E-state index in [0.29, 0.717) is 0 Å². The van der Waals surface area contributed by atoms with Gasteiger partial charge in [-0.25, -0.2) is 10.0 Å². The molecule has 0 atom stereocenters. The first kappa shape index (κ1) is 13.3. The molecule has 0 unspecified atom stereocenters. The quantitative estimate of drug-likeness (QED) is 0.723. The highest BCUT2D eigenvalue weighted by Gasteiger charge is 2.28. The smallest absolute Gasteiger partial charge is 0.264 e. The van der Waals surface area contributed by atoms with Gasteiger partial charge in [0.05, 0.1) is 12.4 Å². The van der Waals surface area contributed by atoms with E-state index in [-0.39, 0.29) is 6.10 Å². The van der Waals surface area contributed by atoms with E-state index in [4.69, 9.17) is 4.18 Å². The zero-order valence-electron chi connectivity index (χ0n) is 10.0. The molecule has 0 radical (unpaired) electrons. The molecule has 0 aromatic heterocycles. The van der Waals surface area contributed by atoms with Crippen LogP contribution < -0.4 is 0 Å². The first-order valence-corrected chi connectivity index (χ1v) is 9.97. The van der Waals surface area contributed by atoms with Gasteiger partial charge in [-0.3, -0.25) is 4.18 Å². The van der Waals surface area contributed by atoms with Crippen molar-refractivity contribution in [1.82, 2.24) is 0 Å². The van der Waals surface area contributed by atoms with E-state index >= 15 is 0 Å². The Morgan fingerprint density at radius 3 is 1.73 bits per heavy atom. The molecule has 1 aliphatic carbocycles. The van der Waals surface area contributed by atoms with E-state index in [1.807, 2.05) is 0 Å². The van der Waals surface area contributed by atoms with E-state index in [9.17, 15) is 8.42 Å². The van der Waals surface area contributed by atoms with Crippen molar-refractivity contribution < 1.29 is 12.6 Å². The van der Waals surface area contributed by atoms with Gasteiger partial charge in [0, 0.05) is 0 Å². The lowest BCUT2D eigenvalue weighted by Gasteiger charge is -2.40. The summed E-state index contributed by atoms with van der Waals surface area (Å²) in [5.74, 6) is 0. The molecule has 0 saturated heterocycles. The molecular formula is C10H22O3S2. The van der Waals surface area contributed by atoms with E-state index in [1.54, 1.807) is 0 Å². The minimum absolute atomic E-state index is 0.0713. The van der Waals surface area contributed by atoms with Gasteiger partial charge < -0.3 is 0 Å². The average Bonchev–Trinajstić information content (AvgIpc) is 2.00. The summed E-state index contributed by atoms with van der Waals surface area (Å²) in [6.45, 7) is 0. The molecule has 3 nitrogen and oxygen atoms in total. The molecule has 1 aliphatic rings. The van der Waals surface area contributed by atoms with Crippen LogP contribution >= 0.6 is 10.0 Å². The van der Waals surface area contributed by atoms with Crippen molar-refractivity contribution >= 4 is 20.1 Å². The topological polar surface area (TPSA) is 43.4 Å². The van der Waals surface area contributed by atoms with Crippen LogP contribution in [-0.4, -0.2) is 44.8 Å². The Kier molecular flexibility index (Phi) is 4.12. The minimum Gasteiger partial charge on any atom is -0.267 e. The third-order valence-electron chi connectivity index (χ3n) is 2.93. The van der Waals surface area contributed by atoms with Gasteiger partial charge in [-0.15, -0.1) is 0 Å². The molecule has 0 aliphatic heterocycles. The Hall–Kier alpha value is 0.260. The maximum absolute atomic E-state index is 11.0. The molecule has 0 spiro atoms. The fourth-order valence-corrected chi connectivity index (χ4v) is 4.46. The summed E-state index contributed by atoms with van der Waals surface area (Å²) in [7, 11) is -3.77. The molecule has 0 aromatic carbocycles. The highest BCUT2D eigenvalue weighted by Crippen LogP contribution is 2.47. The third-order valence-corrected chi connectivity index (χ3v) is 6.03. The molecule has 0 bridgehead atoms. The molecule has 5 heteroatoms. The zero-order chi connectivity index (χ0) is 11.7. The molecule has 1 saturated carbocycles. The summed E-state index contributed by atoms with van der Waals surface area (Å²) in [5.41, 5.74) is 0. The normalized spacial score (nSPS) is 30.1. The molecule has 92 valence electrons.